The molecule has 0 radical (unpaired) electrons. The second kappa shape index (κ2) is 9.54. The van der Waals surface area contributed by atoms with Crippen LogP contribution in [0.5, 0.6) is 5.75 Å². The van der Waals surface area contributed by atoms with Crippen LogP contribution in [0.4, 0.5) is 17.3 Å². The van der Waals surface area contributed by atoms with Crippen molar-refractivity contribution in [3.8, 4) is 5.75 Å². The molecule has 33 heavy (non-hydrogen) atoms. The minimum atomic E-state index is -3.74. The van der Waals surface area contributed by atoms with Crippen molar-refractivity contribution in [2.45, 2.75) is 18.7 Å². The van der Waals surface area contributed by atoms with Gasteiger partial charge in [0.15, 0.2) is 0 Å². The number of halogens is 1. The average Bonchev–Trinajstić information content (AvgIpc) is 2.80. The van der Waals surface area contributed by atoms with Gasteiger partial charge in [0.1, 0.15) is 28.1 Å². The van der Waals surface area contributed by atoms with Gasteiger partial charge in [-0.15, -0.1) is 0 Å². The van der Waals surface area contributed by atoms with Crippen LogP contribution in [0, 0.1) is 13.8 Å². The minimum absolute atomic E-state index is 0.0772. The van der Waals surface area contributed by atoms with Gasteiger partial charge >= 0.3 is 0 Å². The fraction of sp³-hybridized carbons (Fsp3) is 0.304. The molecule has 8 nitrogen and oxygen atoms in total. The number of sulfonamides is 1. The number of nitrogens with one attached hydrogen (secondary N) is 1. The van der Waals surface area contributed by atoms with E-state index in [0.29, 0.717) is 42.8 Å². The van der Waals surface area contributed by atoms with Crippen LogP contribution in [0.25, 0.3) is 0 Å². The Labute approximate surface area is 199 Å². The summed E-state index contributed by atoms with van der Waals surface area (Å²) >= 11 is 6.05. The van der Waals surface area contributed by atoms with E-state index < -0.39 is 10.0 Å². The van der Waals surface area contributed by atoms with Gasteiger partial charge in [0.25, 0.3) is 0 Å². The zero-order chi connectivity index (χ0) is 23.6. The van der Waals surface area contributed by atoms with E-state index in [1.807, 2.05) is 44.2 Å². The summed E-state index contributed by atoms with van der Waals surface area (Å²) in [6.07, 6.45) is 0. The first-order valence-electron chi connectivity index (χ1n) is 10.5. The molecule has 1 aliphatic rings. The van der Waals surface area contributed by atoms with Gasteiger partial charge in [0.2, 0.25) is 10.0 Å². The Hall–Kier alpha value is -2.88. The first-order chi connectivity index (χ1) is 15.8. The first kappa shape index (κ1) is 23.3. The minimum Gasteiger partial charge on any atom is -0.495 e. The van der Waals surface area contributed by atoms with Crippen molar-refractivity contribution in [1.82, 2.24) is 14.3 Å². The van der Waals surface area contributed by atoms with E-state index >= 15 is 0 Å². The highest BCUT2D eigenvalue weighted by Gasteiger charge is 2.31. The molecule has 0 spiro atoms. The highest BCUT2D eigenvalue weighted by molar-refractivity contribution is 7.89. The zero-order valence-electron chi connectivity index (χ0n) is 18.7. The van der Waals surface area contributed by atoms with Crippen molar-refractivity contribution in [2.24, 2.45) is 0 Å². The second-order valence-corrected chi connectivity index (χ2v) is 10.2. The molecule has 10 heteroatoms. The van der Waals surface area contributed by atoms with Crippen LogP contribution in [-0.4, -0.2) is 56.0 Å². The molecule has 0 bridgehead atoms. The fourth-order valence-corrected chi connectivity index (χ4v) is 5.55. The van der Waals surface area contributed by atoms with Crippen LogP contribution in [0.3, 0.4) is 0 Å². The maximum atomic E-state index is 13.2. The Morgan fingerprint density at radius 3 is 2.33 bits per heavy atom. The van der Waals surface area contributed by atoms with E-state index in [0.717, 1.165) is 11.5 Å². The molecule has 0 unspecified atom stereocenters. The number of piperazine rings is 1. The normalized spacial score (nSPS) is 14.8. The number of methoxy groups -OCH3 is 1. The highest BCUT2D eigenvalue weighted by atomic mass is 35.5. The maximum absolute atomic E-state index is 13.2. The molecule has 0 atom stereocenters. The summed E-state index contributed by atoms with van der Waals surface area (Å²) in [4.78, 5) is 11.2. The van der Waals surface area contributed by atoms with Crippen molar-refractivity contribution in [3.05, 3.63) is 64.9 Å². The Kier molecular flexibility index (Phi) is 6.73. The quantitative estimate of drug-likeness (QED) is 0.562. The van der Waals surface area contributed by atoms with Crippen LogP contribution in [0.2, 0.25) is 5.02 Å². The Balaban J connectivity index is 1.49. The fourth-order valence-electron chi connectivity index (χ4n) is 3.71. The summed E-state index contributed by atoms with van der Waals surface area (Å²) in [6, 6.07) is 14.6. The summed E-state index contributed by atoms with van der Waals surface area (Å²) in [6.45, 7) is 5.53. The predicted molar refractivity (Wildman–Crippen MR) is 130 cm³/mol. The summed E-state index contributed by atoms with van der Waals surface area (Å²) in [5.74, 6) is 2.37. The van der Waals surface area contributed by atoms with E-state index in [1.54, 1.807) is 12.1 Å². The maximum Gasteiger partial charge on any atom is 0.246 e. The summed E-state index contributed by atoms with van der Waals surface area (Å²) in [7, 11) is -2.30. The lowest BCUT2D eigenvalue weighted by Crippen LogP contribution is -2.49. The molecule has 0 amide bonds. The molecule has 2 heterocycles. The third kappa shape index (κ3) is 5.21. The van der Waals surface area contributed by atoms with Crippen LogP contribution >= 0.6 is 11.6 Å². The van der Waals surface area contributed by atoms with Crippen molar-refractivity contribution < 1.29 is 13.2 Å². The lowest BCUT2D eigenvalue weighted by Gasteiger charge is -2.35. The predicted octanol–water partition coefficient (Wildman–Crippen LogP) is 4.01. The third-order valence-electron chi connectivity index (χ3n) is 5.45. The van der Waals surface area contributed by atoms with E-state index in [9.17, 15) is 8.42 Å². The summed E-state index contributed by atoms with van der Waals surface area (Å²) in [5.41, 5.74) is 2.12. The van der Waals surface area contributed by atoms with E-state index in [4.69, 9.17) is 16.3 Å². The van der Waals surface area contributed by atoms with Gasteiger partial charge in [-0.05, 0) is 44.2 Å². The van der Waals surface area contributed by atoms with Gasteiger partial charge in [0.05, 0.1) is 7.11 Å². The molecular weight excluding hydrogens is 462 g/mol. The van der Waals surface area contributed by atoms with Gasteiger partial charge in [-0.1, -0.05) is 29.3 Å². The Morgan fingerprint density at radius 1 is 0.970 bits per heavy atom. The highest BCUT2D eigenvalue weighted by Crippen LogP contribution is 2.30. The van der Waals surface area contributed by atoms with Crippen LogP contribution < -0.4 is 15.0 Å². The molecular formula is C23H26ClN5O3S. The number of anilines is 3. The van der Waals surface area contributed by atoms with Crippen molar-refractivity contribution >= 4 is 38.9 Å². The Morgan fingerprint density at radius 2 is 1.67 bits per heavy atom. The van der Waals surface area contributed by atoms with E-state index in [1.165, 1.54) is 23.0 Å². The molecule has 0 aliphatic carbocycles. The van der Waals surface area contributed by atoms with Gasteiger partial charge in [-0.3, -0.25) is 0 Å². The molecule has 3 aromatic rings. The molecule has 1 aliphatic heterocycles. The number of benzene rings is 2. The number of nitrogens with zero attached hydrogens (tertiary/aromatic N) is 4. The number of hydrogen-bond donors (Lipinski definition) is 1. The lowest BCUT2D eigenvalue weighted by molar-refractivity contribution is 0.373. The molecule has 174 valence electrons. The van der Waals surface area contributed by atoms with Crippen molar-refractivity contribution in [2.75, 3.05) is 43.5 Å². The van der Waals surface area contributed by atoms with E-state index in [2.05, 4.69) is 20.2 Å². The number of aromatic nitrogens is 2. The molecule has 2 aromatic carbocycles. The van der Waals surface area contributed by atoms with Crippen LogP contribution in [0.15, 0.2) is 53.4 Å². The molecule has 4 rings (SSSR count). The van der Waals surface area contributed by atoms with Gasteiger partial charge < -0.3 is 15.0 Å². The number of rotatable bonds is 6. The summed E-state index contributed by atoms with van der Waals surface area (Å²) in [5, 5.41) is 3.66. The van der Waals surface area contributed by atoms with Crippen LogP contribution in [0.1, 0.15) is 11.4 Å². The topological polar surface area (TPSA) is 87.7 Å². The molecule has 1 saturated heterocycles. The van der Waals surface area contributed by atoms with Gasteiger partial charge in [-0.25, -0.2) is 18.4 Å². The van der Waals surface area contributed by atoms with Crippen LogP contribution in [-0.2, 0) is 10.0 Å². The number of ether oxygens (including phenoxy) is 1. The molecule has 1 aromatic heterocycles. The molecule has 1 fully saturated rings. The monoisotopic (exact) mass is 487 g/mol. The Bertz CT molecular complexity index is 1240. The SMILES string of the molecule is COc1ccc(Cl)cc1S(=O)(=O)N1CCN(c2cc(Nc3ccc(C)cc3)nc(C)n2)CC1. The average molecular weight is 488 g/mol. The van der Waals surface area contributed by atoms with Gasteiger partial charge in [0, 0.05) is 43.0 Å². The number of aryl methyl sites for hydroxylation is 2. The lowest BCUT2D eigenvalue weighted by atomic mass is 10.2. The smallest absolute Gasteiger partial charge is 0.246 e. The molecule has 1 N–H and O–H groups in total. The van der Waals surface area contributed by atoms with Gasteiger partial charge in [-0.2, -0.15) is 4.31 Å². The number of hydrogen-bond acceptors (Lipinski definition) is 7. The van der Waals surface area contributed by atoms with E-state index in [-0.39, 0.29) is 10.6 Å². The molecule has 0 saturated carbocycles. The largest absolute Gasteiger partial charge is 0.495 e. The summed E-state index contributed by atoms with van der Waals surface area (Å²) < 4.78 is 33.2. The first-order valence-corrected chi connectivity index (χ1v) is 12.4. The van der Waals surface area contributed by atoms with Crippen molar-refractivity contribution in [3.63, 3.8) is 0 Å². The third-order valence-corrected chi connectivity index (χ3v) is 7.61. The zero-order valence-corrected chi connectivity index (χ0v) is 20.3. The van der Waals surface area contributed by atoms with Crippen molar-refractivity contribution in [1.29, 1.82) is 0 Å². The standard InChI is InChI=1S/C23H26ClN5O3S/c1-16-4-7-19(8-5-16)27-22-15-23(26-17(2)25-22)28-10-12-29(13-11-28)33(30,31)21-14-18(24)6-9-20(21)32-3/h4-9,14-15H,10-13H2,1-3H3,(H,25,26,27). The second-order valence-electron chi connectivity index (χ2n) is 7.84.